The van der Waals surface area contributed by atoms with Crippen molar-refractivity contribution in [2.75, 3.05) is 0 Å². The number of hydrogen-bond donors (Lipinski definition) is 2. The summed E-state index contributed by atoms with van der Waals surface area (Å²) in [5, 5.41) is 42.2. The van der Waals surface area contributed by atoms with Crippen LogP contribution in [0.5, 0.6) is 0 Å². The van der Waals surface area contributed by atoms with Gasteiger partial charge in [0.2, 0.25) is 0 Å². The highest BCUT2D eigenvalue weighted by Crippen LogP contribution is 2.42. The molecule has 3 aromatic carbocycles. The van der Waals surface area contributed by atoms with Crippen molar-refractivity contribution in [3.05, 3.63) is 92.0 Å². The van der Waals surface area contributed by atoms with Crippen molar-refractivity contribution in [3.8, 4) is 22.3 Å². The summed E-state index contributed by atoms with van der Waals surface area (Å²) in [5.74, 6) is -3.19. The fraction of sp³-hybridized carbons (Fsp3) is 0. The number of nitro benzene ring substituents is 2. The number of carboxylic acids is 2. The maximum atomic E-state index is 11.8. The molecule has 0 aliphatic heterocycles. The molecule has 3 aromatic rings. The van der Waals surface area contributed by atoms with E-state index in [1.807, 2.05) is 0 Å². The number of hydrogen-bond acceptors (Lipinski definition) is 6. The SMILES string of the molecule is O=C(O)c1cccc(-c2cc(-c3ccccc3)cc(C(=O)O)c2[N+](=O)[O-])c1[N+](=O)[O-]. The van der Waals surface area contributed by atoms with Crippen LogP contribution in [0.15, 0.2) is 60.7 Å². The zero-order chi connectivity index (χ0) is 22.0. The van der Waals surface area contributed by atoms with Gasteiger partial charge in [0.05, 0.1) is 21.0 Å². The van der Waals surface area contributed by atoms with E-state index in [9.17, 15) is 40.0 Å². The van der Waals surface area contributed by atoms with Crippen molar-refractivity contribution in [2.24, 2.45) is 0 Å². The number of carbonyl (C=O) groups is 2. The van der Waals surface area contributed by atoms with E-state index in [-0.39, 0.29) is 16.7 Å². The van der Waals surface area contributed by atoms with Crippen LogP contribution in [0.25, 0.3) is 22.3 Å². The number of nitrogens with zero attached hydrogens (tertiary/aromatic N) is 2. The fourth-order valence-electron chi connectivity index (χ4n) is 3.13. The Morgan fingerprint density at radius 1 is 0.667 bits per heavy atom. The van der Waals surface area contributed by atoms with E-state index >= 15 is 0 Å². The quantitative estimate of drug-likeness (QED) is 0.452. The van der Waals surface area contributed by atoms with Gasteiger partial charge in [0, 0.05) is 0 Å². The van der Waals surface area contributed by atoms with E-state index in [2.05, 4.69) is 0 Å². The summed E-state index contributed by atoms with van der Waals surface area (Å²) < 4.78 is 0. The van der Waals surface area contributed by atoms with Gasteiger partial charge in [-0.15, -0.1) is 0 Å². The first-order chi connectivity index (χ1) is 14.2. The molecule has 3 rings (SSSR count). The topological polar surface area (TPSA) is 161 Å². The van der Waals surface area contributed by atoms with Crippen molar-refractivity contribution >= 4 is 23.3 Å². The van der Waals surface area contributed by atoms with Gasteiger partial charge in [-0.3, -0.25) is 20.2 Å². The molecule has 0 aliphatic rings. The van der Waals surface area contributed by atoms with Gasteiger partial charge in [-0.25, -0.2) is 9.59 Å². The molecule has 10 heteroatoms. The predicted octanol–water partition coefficient (Wildman–Crippen LogP) is 4.23. The Hall–Kier alpha value is -4.60. The Kier molecular flexibility index (Phi) is 5.23. The second-order valence-corrected chi connectivity index (χ2v) is 6.11. The molecule has 0 aliphatic carbocycles. The van der Waals surface area contributed by atoms with Crippen LogP contribution >= 0.6 is 0 Å². The Morgan fingerprint density at radius 2 is 1.23 bits per heavy atom. The van der Waals surface area contributed by atoms with Gasteiger partial charge >= 0.3 is 11.9 Å². The van der Waals surface area contributed by atoms with E-state index in [1.54, 1.807) is 30.3 Å². The molecule has 150 valence electrons. The fourth-order valence-corrected chi connectivity index (χ4v) is 3.13. The molecule has 0 radical (unpaired) electrons. The molecule has 0 atom stereocenters. The normalized spacial score (nSPS) is 10.4. The maximum Gasteiger partial charge on any atom is 0.342 e. The van der Waals surface area contributed by atoms with Crippen molar-refractivity contribution in [1.82, 2.24) is 0 Å². The van der Waals surface area contributed by atoms with E-state index in [4.69, 9.17) is 0 Å². The Labute approximate surface area is 167 Å². The lowest BCUT2D eigenvalue weighted by Gasteiger charge is -2.11. The minimum Gasteiger partial charge on any atom is -0.477 e. The average molecular weight is 408 g/mol. The number of nitro groups is 2. The van der Waals surface area contributed by atoms with Crippen molar-refractivity contribution in [1.29, 1.82) is 0 Å². The van der Waals surface area contributed by atoms with Crippen LogP contribution in [0, 0.1) is 20.2 Å². The summed E-state index contributed by atoms with van der Waals surface area (Å²) in [7, 11) is 0. The van der Waals surface area contributed by atoms with Crippen LogP contribution in [-0.4, -0.2) is 32.0 Å². The van der Waals surface area contributed by atoms with E-state index in [0.29, 0.717) is 5.56 Å². The Balaban J connectivity index is 2.48. The summed E-state index contributed by atoms with van der Waals surface area (Å²) in [6.45, 7) is 0. The lowest BCUT2D eigenvalue weighted by atomic mass is 9.92. The third-order valence-electron chi connectivity index (χ3n) is 4.37. The first-order valence-electron chi connectivity index (χ1n) is 8.34. The number of para-hydroxylation sites is 1. The van der Waals surface area contributed by atoms with Crippen LogP contribution in [0.3, 0.4) is 0 Å². The van der Waals surface area contributed by atoms with Crippen LogP contribution in [-0.2, 0) is 0 Å². The minimum atomic E-state index is -1.60. The molecule has 0 saturated heterocycles. The first-order valence-corrected chi connectivity index (χ1v) is 8.34. The zero-order valence-electron chi connectivity index (χ0n) is 15.0. The van der Waals surface area contributed by atoms with Crippen LogP contribution in [0.4, 0.5) is 11.4 Å². The van der Waals surface area contributed by atoms with Crippen LogP contribution in [0.1, 0.15) is 20.7 Å². The van der Waals surface area contributed by atoms with Gasteiger partial charge < -0.3 is 10.2 Å². The molecule has 10 nitrogen and oxygen atoms in total. The molecule has 0 fully saturated rings. The molecule has 0 aromatic heterocycles. The maximum absolute atomic E-state index is 11.8. The summed E-state index contributed by atoms with van der Waals surface area (Å²) in [5.41, 5.74) is -3.03. The molecule has 0 bridgehead atoms. The molecule has 0 heterocycles. The molecular formula is C20H12N2O8. The van der Waals surface area contributed by atoms with Gasteiger partial charge in [-0.05, 0) is 35.4 Å². The number of carboxylic acid groups (broad SMARTS) is 2. The molecule has 0 unspecified atom stereocenters. The lowest BCUT2D eigenvalue weighted by Crippen LogP contribution is -2.08. The van der Waals surface area contributed by atoms with Crippen LogP contribution in [0.2, 0.25) is 0 Å². The Bertz CT molecular complexity index is 1200. The summed E-state index contributed by atoms with van der Waals surface area (Å²) in [6, 6.07) is 14.0. The standard InChI is InChI=1S/C20H12N2O8/c23-19(24)14-8-4-7-13(17(14)21(27)28)15-9-12(11-5-2-1-3-6-11)10-16(20(25)26)18(15)22(29)30/h1-10H,(H,23,24)(H,25,26). The van der Waals surface area contributed by atoms with E-state index in [1.165, 1.54) is 12.1 Å². The average Bonchev–Trinajstić information content (AvgIpc) is 2.72. The minimum absolute atomic E-state index is 0.267. The second-order valence-electron chi connectivity index (χ2n) is 6.11. The monoisotopic (exact) mass is 408 g/mol. The van der Waals surface area contributed by atoms with Gasteiger partial charge in [0.1, 0.15) is 11.1 Å². The molecule has 0 saturated carbocycles. The van der Waals surface area contributed by atoms with Gasteiger partial charge in [-0.1, -0.05) is 36.4 Å². The third-order valence-corrected chi connectivity index (χ3v) is 4.37. The summed E-state index contributed by atoms with van der Waals surface area (Å²) >= 11 is 0. The van der Waals surface area contributed by atoms with Gasteiger partial charge in [-0.2, -0.15) is 0 Å². The number of rotatable bonds is 6. The molecule has 30 heavy (non-hydrogen) atoms. The highest BCUT2D eigenvalue weighted by molar-refractivity contribution is 6.02. The van der Waals surface area contributed by atoms with Crippen molar-refractivity contribution in [3.63, 3.8) is 0 Å². The largest absolute Gasteiger partial charge is 0.477 e. The smallest absolute Gasteiger partial charge is 0.342 e. The van der Waals surface area contributed by atoms with E-state index < -0.39 is 44.3 Å². The predicted molar refractivity (Wildman–Crippen MR) is 105 cm³/mol. The second kappa shape index (κ2) is 7.80. The molecule has 2 N–H and O–H groups in total. The highest BCUT2D eigenvalue weighted by atomic mass is 16.6. The third kappa shape index (κ3) is 3.56. The van der Waals surface area contributed by atoms with Crippen molar-refractivity contribution in [2.45, 2.75) is 0 Å². The van der Waals surface area contributed by atoms with Gasteiger partial charge in [0.25, 0.3) is 11.4 Å². The molecular weight excluding hydrogens is 396 g/mol. The number of benzene rings is 3. The van der Waals surface area contributed by atoms with Crippen LogP contribution < -0.4 is 0 Å². The number of aromatic carboxylic acids is 2. The zero-order valence-corrected chi connectivity index (χ0v) is 15.0. The van der Waals surface area contributed by atoms with Crippen molar-refractivity contribution < 1.29 is 29.6 Å². The molecule has 0 spiro atoms. The highest BCUT2D eigenvalue weighted by Gasteiger charge is 2.33. The molecule has 0 amide bonds. The Morgan fingerprint density at radius 3 is 1.77 bits per heavy atom. The first kappa shape index (κ1) is 20.1. The summed E-state index contributed by atoms with van der Waals surface area (Å²) in [6.07, 6.45) is 0. The lowest BCUT2D eigenvalue weighted by molar-refractivity contribution is -0.386. The van der Waals surface area contributed by atoms with Gasteiger partial charge in [0.15, 0.2) is 0 Å². The van der Waals surface area contributed by atoms with E-state index in [0.717, 1.165) is 18.2 Å². The summed E-state index contributed by atoms with van der Waals surface area (Å²) in [4.78, 5) is 44.7.